The summed E-state index contributed by atoms with van der Waals surface area (Å²) in [4.78, 5) is 25.6. The standard InChI is InChI=1S/C21H21F3N2O4/c1-19(17(27)29-2)12-20(18(28)30-3,15-6-4-5-7-16(15)26-19)25-14-10-8-13(9-11-14)21(22,23)24/h4-11,25-26H,12H2,1-3H3/t19-,20+/m1/s1. The number of anilines is 2. The van der Waals surface area contributed by atoms with Crippen LogP contribution in [0.2, 0.25) is 0 Å². The van der Waals surface area contributed by atoms with Gasteiger partial charge in [-0.1, -0.05) is 18.2 Å². The van der Waals surface area contributed by atoms with E-state index in [1.807, 2.05) is 0 Å². The second kappa shape index (κ2) is 7.55. The zero-order valence-corrected chi connectivity index (χ0v) is 16.6. The summed E-state index contributed by atoms with van der Waals surface area (Å²) < 4.78 is 48.7. The molecule has 0 bridgehead atoms. The lowest BCUT2D eigenvalue weighted by Gasteiger charge is -2.45. The van der Waals surface area contributed by atoms with Gasteiger partial charge >= 0.3 is 18.1 Å². The molecule has 0 amide bonds. The maximum absolute atomic E-state index is 13.0. The van der Waals surface area contributed by atoms with Gasteiger partial charge in [-0.3, -0.25) is 0 Å². The number of carbonyl (C=O) groups is 2. The van der Waals surface area contributed by atoms with Crippen molar-refractivity contribution in [3.63, 3.8) is 0 Å². The number of hydrogen-bond acceptors (Lipinski definition) is 6. The highest BCUT2D eigenvalue weighted by atomic mass is 19.4. The van der Waals surface area contributed by atoms with Gasteiger partial charge in [-0.2, -0.15) is 13.2 Å². The summed E-state index contributed by atoms with van der Waals surface area (Å²) in [5, 5.41) is 6.13. The molecule has 2 aromatic rings. The summed E-state index contributed by atoms with van der Waals surface area (Å²) in [6.07, 6.45) is -4.58. The summed E-state index contributed by atoms with van der Waals surface area (Å²) in [6.45, 7) is 1.58. The fourth-order valence-electron chi connectivity index (χ4n) is 3.79. The zero-order valence-electron chi connectivity index (χ0n) is 16.6. The van der Waals surface area contributed by atoms with Gasteiger partial charge in [0.1, 0.15) is 5.54 Å². The molecule has 1 heterocycles. The van der Waals surface area contributed by atoms with E-state index in [0.717, 1.165) is 12.1 Å². The van der Waals surface area contributed by atoms with E-state index in [-0.39, 0.29) is 12.1 Å². The molecule has 0 radical (unpaired) electrons. The number of ether oxygens (including phenoxy) is 2. The van der Waals surface area contributed by atoms with Crippen LogP contribution < -0.4 is 10.6 Å². The predicted molar refractivity (Wildman–Crippen MR) is 104 cm³/mol. The first-order valence-corrected chi connectivity index (χ1v) is 9.06. The Morgan fingerprint density at radius 1 is 1.00 bits per heavy atom. The van der Waals surface area contributed by atoms with Crippen LogP contribution >= 0.6 is 0 Å². The van der Waals surface area contributed by atoms with Gasteiger partial charge in [-0.25, -0.2) is 9.59 Å². The number of alkyl halides is 3. The maximum Gasteiger partial charge on any atom is 0.416 e. The van der Waals surface area contributed by atoms with E-state index in [9.17, 15) is 22.8 Å². The van der Waals surface area contributed by atoms with Gasteiger partial charge in [-0.05, 0) is 37.3 Å². The van der Waals surface area contributed by atoms with Gasteiger partial charge in [0.05, 0.1) is 19.8 Å². The Morgan fingerprint density at radius 2 is 1.60 bits per heavy atom. The summed E-state index contributed by atoms with van der Waals surface area (Å²) >= 11 is 0. The van der Waals surface area contributed by atoms with Crippen molar-refractivity contribution in [1.82, 2.24) is 0 Å². The van der Waals surface area contributed by atoms with E-state index in [0.29, 0.717) is 11.3 Å². The molecule has 30 heavy (non-hydrogen) atoms. The van der Waals surface area contributed by atoms with Crippen molar-refractivity contribution < 1.29 is 32.2 Å². The number of methoxy groups -OCH3 is 2. The van der Waals surface area contributed by atoms with Crippen molar-refractivity contribution in [2.75, 3.05) is 24.9 Å². The van der Waals surface area contributed by atoms with E-state index in [1.165, 1.54) is 26.4 Å². The molecule has 0 aromatic heterocycles. The maximum atomic E-state index is 13.0. The minimum Gasteiger partial charge on any atom is -0.467 e. The molecule has 160 valence electrons. The molecule has 0 saturated heterocycles. The van der Waals surface area contributed by atoms with Crippen LogP contribution in [0.5, 0.6) is 0 Å². The van der Waals surface area contributed by atoms with Crippen LogP contribution in [-0.4, -0.2) is 31.7 Å². The Bertz CT molecular complexity index is 961. The van der Waals surface area contributed by atoms with Gasteiger partial charge < -0.3 is 20.1 Å². The molecule has 9 heteroatoms. The number of rotatable bonds is 4. The predicted octanol–water partition coefficient (Wildman–Crippen LogP) is 3.93. The molecule has 2 atom stereocenters. The lowest BCUT2D eigenvalue weighted by Crippen LogP contribution is -2.59. The molecule has 0 saturated carbocycles. The van der Waals surface area contributed by atoms with Crippen molar-refractivity contribution >= 4 is 23.3 Å². The number of esters is 2. The van der Waals surface area contributed by atoms with E-state index in [4.69, 9.17) is 9.47 Å². The second-order valence-electron chi connectivity index (χ2n) is 7.27. The molecular weight excluding hydrogens is 401 g/mol. The number of nitrogens with one attached hydrogen (secondary N) is 2. The Kier molecular flexibility index (Phi) is 5.40. The van der Waals surface area contributed by atoms with Crippen LogP contribution in [0.25, 0.3) is 0 Å². The summed E-state index contributed by atoms with van der Waals surface area (Å²) in [5.74, 6) is -1.29. The smallest absolute Gasteiger partial charge is 0.416 e. The van der Waals surface area contributed by atoms with Crippen molar-refractivity contribution in [3.8, 4) is 0 Å². The van der Waals surface area contributed by atoms with E-state index < -0.39 is 34.8 Å². The SMILES string of the molecule is COC(=O)[C@@]1(C)C[C@@](Nc2ccc(C(F)(F)F)cc2)(C(=O)OC)c2ccccc2N1. The van der Waals surface area contributed by atoms with E-state index >= 15 is 0 Å². The molecule has 3 rings (SSSR count). The number of fused-ring (bicyclic) bond motifs is 1. The molecule has 6 nitrogen and oxygen atoms in total. The average molecular weight is 422 g/mol. The van der Waals surface area contributed by atoms with Crippen molar-refractivity contribution in [2.45, 2.75) is 30.6 Å². The molecule has 0 fully saturated rings. The summed E-state index contributed by atoms with van der Waals surface area (Å²) in [7, 11) is 2.44. The number of carbonyl (C=O) groups excluding carboxylic acids is 2. The monoisotopic (exact) mass is 422 g/mol. The fraction of sp³-hybridized carbons (Fsp3) is 0.333. The van der Waals surface area contributed by atoms with Crippen LogP contribution in [0.3, 0.4) is 0 Å². The second-order valence-corrected chi connectivity index (χ2v) is 7.27. The quantitative estimate of drug-likeness (QED) is 0.727. The van der Waals surface area contributed by atoms with Crippen molar-refractivity contribution in [2.24, 2.45) is 0 Å². The Balaban J connectivity index is 2.13. The highest BCUT2D eigenvalue weighted by molar-refractivity contribution is 5.94. The van der Waals surface area contributed by atoms with Crippen molar-refractivity contribution in [1.29, 1.82) is 0 Å². The van der Waals surface area contributed by atoms with Gasteiger partial charge in [0, 0.05) is 23.4 Å². The molecule has 0 aliphatic carbocycles. The minimum atomic E-state index is -4.48. The number of para-hydroxylation sites is 1. The largest absolute Gasteiger partial charge is 0.467 e. The summed E-state index contributed by atoms with van der Waals surface area (Å²) in [6, 6.07) is 11.1. The van der Waals surface area contributed by atoms with Crippen LogP contribution in [-0.2, 0) is 30.8 Å². The highest BCUT2D eigenvalue weighted by Gasteiger charge is 2.55. The van der Waals surface area contributed by atoms with Crippen LogP contribution in [0.1, 0.15) is 24.5 Å². The molecule has 1 aliphatic rings. The molecule has 0 unspecified atom stereocenters. The van der Waals surface area contributed by atoms with Gasteiger partial charge in [-0.15, -0.1) is 0 Å². The molecule has 0 spiro atoms. The first-order valence-electron chi connectivity index (χ1n) is 9.06. The van der Waals surface area contributed by atoms with Gasteiger partial charge in [0.2, 0.25) is 0 Å². The number of halogens is 3. The zero-order chi connectivity index (χ0) is 22.2. The molecule has 2 aromatic carbocycles. The molecular formula is C21H21F3N2O4. The van der Waals surface area contributed by atoms with Gasteiger partial charge in [0.15, 0.2) is 5.54 Å². The van der Waals surface area contributed by atoms with E-state index in [1.54, 1.807) is 31.2 Å². The van der Waals surface area contributed by atoms with Crippen LogP contribution in [0.15, 0.2) is 48.5 Å². The molecule has 1 aliphatic heterocycles. The van der Waals surface area contributed by atoms with Gasteiger partial charge in [0.25, 0.3) is 0 Å². The molecule has 2 N–H and O–H groups in total. The number of benzene rings is 2. The minimum absolute atomic E-state index is 0.0998. The lowest BCUT2D eigenvalue weighted by atomic mass is 9.73. The Labute approximate surface area is 171 Å². The topological polar surface area (TPSA) is 76.7 Å². The third-order valence-corrected chi connectivity index (χ3v) is 5.16. The Hall–Kier alpha value is -3.23. The number of hydrogen-bond donors (Lipinski definition) is 2. The first-order chi connectivity index (χ1) is 14.1. The first kappa shape index (κ1) is 21.5. The Morgan fingerprint density at radius 3 is 2.17 bits per heavy atom. The third kappa shape index (κ3) is 3.67. The highest BCUT2D eigenvalue weighted by Crippen LogP contribution is 2.45. The lowest BCUT2D eigenvalue weighted by molar-refractivity contribution is -0.151. The average Bonchev–Trinajstić information content (AvgIpc) is 2.72. The van der Waals surface area contributed by atoms with E-state index in [2.05, 4.69) is 10.6 Å². The van der Waals surface area contributed by atoms with Crippen LogP contribution in [0.4, 0.5) is 24.5 Å². The third-order valence-electron chi connectivity index (χ3n) is 5.16. The fourth-order valence-corrected chi connectivity index (χ4v) is 3.79. The summed E-state index contributed by atoms with van der Waals surface area (Å²) in [5.41, 5.74) is -2.39. The van der Waals surface area contributed by atoms with Crippen molar-refractivity contribution in [3.05, 3.63) is 59.7 Å². The van der Waals surface area contributed by atoms with Crippen LogP contribution in [0, 0.1) is 0 Å². The normalized spacial score (nSPS) is 23.0.